The van der Waals surface area contributed by atoms with E-state index in [-0.39, 0.29) is 11.7 Å². The van der Waals surface area contributed by atoms with Gasteiger partial charge in [-0.25, -0.2) is 4.79 Å². The molecule has 17 heavy (non-hydrogen) atoms. The van der Waals surface area contributed by atoms with Crippen LogP contribution in [0.3, 0.4) is 0 Å². The zero-order valence-corrected chi connectivity index (χ0v) is 11.1. The molecular weight excluding hydrogens is 238 g/mol. The van der Waals surface area contributed by atoms with E-state index in [1.54, 1.807) is 4.90 Å². The van der Waals surface area contributed by atoms with Crippen molar-refractivity contribution < 1.29 is 14.7 Å². The molecule has 0 radical (unpaired) electrons. The minimum absolute atomic E-state index is 0.0441. The van der Waals surface area contributed by atoms with Gasteiger partial charge in [0.1, 0.15) is 11.8 Å². The fraction of sp³-hybridized carbons (Fsp3) is 0.750. The standard InChI is InChI=1S/C12H19NO3S/c1-3-9(14)7-8(2)11(17)13-6-4-5-10(13)12(15)16/h8,10H,3-7H2,1-2H3,(H,15,16)/t8?,10-/m0/s1. The summed E-state index contributed by atoms with van der Waals surface area (Å²) in [4.78, 5) is 24.8. The second kappa shape index (κ2) is 6.10. The first-order valence-corrected chi connectivity index (χ1v) is 6.43. The molecule has 2 atom stereocenters. The predicted molar refractivity (Wildman–Crippen MR) is 69.0 cm³/mol. The SMILES string of the molecule is CCC(=O)CC(C)C(=S)N1CCC[C@H]1C(=O)O. The van der Waals surface area contributed by atoms with Crippen LogP contribution >= 0.6 is 12.2 Å². The van der Waals surface area contributed by atoms with Gasteiger partial charge in [0.05, 0.1) is 4.99 Å². The molecule has 0 aromatic heterocycles. The van der Waals surface area contributed by atoms with Crippen LogP contribution in [0.5, 0.6) is 0 Å². The van der Waals surface area contributed by atoms with Crippen molar-refractivity contribution in [3.63, 3.8) is 0 Å². The van der Waals surface area contributed by atoms with Gasteiger partial charge in [-0.3, -0.25) is 4.79 Å². The molecule has 0 aliphatic carbocycles. The van der Waals surface area contributed by atoms with E-state index in [1.807, 2.05) is 13.8 Å². The van der Waals surface area contributed by atoms with Gasteiger partial charge in [-0.05, 0) is 12.8 Å². The van der Waals surface area contributed by atoms with E-state index in [2.05, 4.69) is 0 Å². The average molecular weight is 257 g/mol. The first-order chi connectivity index (χ1) is 7.97. The van der Waals surface area contributed by atoms with E-state index in [0.29, 0.717) is 30.8 Å². The Morgan fingerprint density at radius 3 is 2.71 bits per heavy atom. The Morgan fingerprint density at radius 1 is 1.53 bits per heavy atom. The van der Waals surface area contributed by atoms with E-state index >= 15 is 0 Å². The minimum Gasteiger partial charge on any atom is -0.480 e. The number of carbonyl (C=O) groups is 2. The molecule has 0 aromatic carbocycles. The summed E-state index contributed by atoms with van der Waals surface area (Å²) >= 11 is 5.31. The van der Waals surface area contributed by atoms with Gasteiger partial charge in [0, 0.05) is 25.3 Å². The quantitative estimate of drug-likeness (QED) is 0.762. The smallest absolute Gasteiger partial charge is 0.326 e. The van der Waals surface area contributed by atoms with Crippen molar-refractivity contribution in [3.8, 4) is 0 Å². The fourth-order valence-corrected chi connectivity index (χ4v) is 2.45. The lowest BCUT2D eigenvalue weighted by Crippen LogP contribution is -2.42. The molecule has 1 saturated heterocycles. The lowest BCUT2D eigenvalue weighted by atomic mass is 10.0. The Morgan fingerprint density at radius 2 is 2.18 bits per heavy atom. The third kappa shape index (κ3) is 3.49. The monoisotopic (exact) mass is 257 g/mol. The number of ketones is 1. The maximum atomic E-state index is 11.4. The molecule has 96 valence electrons. The van der Waals surface area contributed by atoms with E-state index in [0.717, 1.165) is 6.42 Å². The molecule has 5 heteroatoms. The Hall–Kier alpha value is -0.970. The third-order valence-corrected chi connectivity index (χ3v) is 3.81. The minimum atomic E-state index is -0.820. The van der Waals surface area contributed by atoms with Crippen LogP contribution < -0.4 is 0 Å². The highest BCUT2D eigenvalue weighted by Crippen LogP contribution is 2.22. The number of aliphatic carboxylic acids is 1. The molecule has 1 aliphatic heterocycles. The number of thiocarbonyl (C=S) groups is 1. The van der Waals surface area contributed by atoms with Crippen molar-refractivity contribution in [1.82, 2.24) is 4.90 Å². The van der Waals surface area contributed by atoms with Gasteiger partial charge in [0.15, 0.2) is 0 Å². The summed E-state index contributed by atoms with van der Waals surface area (Å²) in [6.07, 6.45) is 2.42. The first kappa shape index (κ1) is 14.1. The fourth-order valence-electron chi connectivity index (χ4n) is 2.14. The molecule has 4 nitrogen and oxygen atoms in total. The van der Waals surface area contributed by atoms with Gasteiger partial charge in [-0.15, -0.1) is 0 Å². The number of hydrogen-bond donors (Lipinski definition) is 1. The Bertz CT molecular complexity index is 330. The summed E-state index contributed by atoms with van der Waals surface area (Å²) < 4.78 is 0. The summed E-state index contributed by atoms with van der Waals surface area (Å²) in [5.41, 5.74) is 0. The highest BCUT2D eigenvalue weighted by Gasteiger charge is 2.33. The highest BCUT2D eigenvalue weighted by atomic mass is 32.1. The zero-order chi connectivity index (χ0) is 13.0. The largest absolute Gasteiger partial charge is 0.480 e. The molecule has 0 bridgehead atoms. The second-order valence-electron chi connectivity index (χ2n) is 4.53. The predicted octanol–water partition coefficient (Wildman–Crippen LogP) is 1.87. The van der Waals surface area contributed by atoms with Gasteiger partial charge in [-0.1, -0.05) is 26.1 Å². The van der Waals surface area contributed by atoms with Crippen molar-refractivity contribution in [1.29, 1.82) is 0 Å². The second-order valence-corrected chi connectivity index (χ2v) is 4.94. The Kier molecular flexibility index (Phi) is 5.05. The van der Waals surface area contributed by atoms with Crippen LogP contribution in [0.25, 0.3) is 0 Å². The van der Waals surface area contributed by atoms with Crippen LogP contribution in [0.1, 0.15) is 39.5 Å². The number of rotatable bonds is 5. The number of carboxylic acid groups (broad SMARTS) is 1. The lowest BCUT2D eigenvalue weighted by molar-refractivity contribution is -0.140. The number of carbonyl (C=O) groups excluding carboxylic acids is 1. The lowest BCUT2D eigenvalue weighted by Gasteiger charge is -2.27. The Labute approximate surface area is 107 Å². The highest BCUT2D eigenvalue weighted by molar-refractivity contribution is 7.80. The normalized spacial score (nSPS) is 21.3. The summed E-state index contributed by atoms with van der Waals surface area (Å²) in [6, 6.07) is -0.498. The number of carboxylic acids is 1. The molecule has 0 amide bonds. The molecule has 1 unspecified atom stereocenters. The third-order valence-electron chi connectivity index (χ3n) is 3.17. The van der Waals surface area contributed by atoms with Gasteiger partial charge in [-0.2, -0.15) is 0 Å². The number of hydrogen-bond acceptors (Lipinski definition) is 3. The first-order valence-electron chi connectivity index (χ1n) is 6.02. The molecule has 1 rings (SSSR count). The number of likely N-dealkylation sites (tertiary alicyclic amines) is 1. The van der Waals surface area contributed by atoms with Crippen LogP contribution in [0.2, 0.25) is 0 Å². The Balaban J connectivity index is 2.62. The summed E-state index contributed by atoms with van der Waals surface area (Å²) in [5.74, 6) is -0.692. The topological polar surface area (TPSA) is 57.6 Å². The molecule has 1 fully saturated rings. The van der Waals surface area contributed by atoms with Crippen molar-refractivity contribution in [3.05, 3.63) is 0 Å². The van der Waals surface area contributed by atoms with Crippen LogP contribution in [0, 0.1) is 5.92 Å². The van der Waals surface area contributed by atoms with Crippen LogP contribution in [-0.4, -0.2) is 39.3 Å². The van der Waals surface area contributed by atoms with E-state index in [4.69, 9.17) is 17.3 Å². The summed E-state index contributed by atoms with van der Waals surface area (Å²) in [7, 11) is 0. The summed E-state index contributed by atoms with van der Waals surface area (Å²) in [6.45, 7) is 4.42. The molecule has 0 spiro atoms. The zero-order valence-electron chi connectivity index (χ0n) is 10.3. The van der Waals surface area contributed by atoms with Crippen molar-refractivity contribution in [2.24, 2.45) is 5.92 Å². The van der Waals surface area contributed by atoms with Crippen molar-refractivity contribution in [2.75, 3.05) is 6.54 Å². The van der Waals surface area contributed by atoms with Gasteiger partial charge in [0.25, 0.3) is 0 Å². The van der Waals surface area contributed by atoms with Crippen LogP contribution in [-0.2, 0) is 9.59 Å². The van der Waals surface area contributed by atoms with Crippen molar-refractivity contribution in [2.45, 2.75) is 45.6 Å². The van der Waals surface area contributed by atoms with Gasteiger partial charge >= 0.3 is 5.97 Å². The van der Waals surface area contributed by atoms with Crippen LogP contribution in [0.15, 0.2) is 0 Å². The van der Waals surface area contributed by atoms with Crippen molar-refractivity contribution >= 4 is 29.0 Å². The van der Waals surface area contributed by atoms with E-state index < -0.39 is 12.0 Å². The molecule has 1 heterocycles. The molecule has 0 aromatic rings. The summed E-state index contributed by atoms with van der Waals surface area (Å²) in [5, 5.41) is 9.07. The van der Waals surface area contributed by atoms with E-state index in [9.17, 15) is 9.59 Å². The number of nitrogens with zero attached hydrogens (tertiary/aromatic N) is 1. The molecule has 1 aliphatic rings. The maximum Gasteiger partial charge on any atom is 0.326 e. The number of Topliss-reactive ketones (excluding diaryl/α,β-unsaturated/α-hetero) is 1. The average Bonchev–Trinajstić information content (AvgIpc) is 2.76. The molecule has 0 saturated carbocycles. The molecule has 1 N–H and O–H groups in total. The van der Waals surface area contributed by atoms with Gasteiger partial charge in [0.2, 0.25) is 0 Å². The molecular formula is C12H19NO3S. The van der Waals surface area contributed by atoms with Crippen LogP contribution in [0.4, 0.5) is 0 Å². The van der Waals surface area contributed by atoms with Gasteiger partial charge < -0.3 is 10.0 Å². The maximum absolute atomic E-state index is 11.4. The van der Waals surface area contributed by atoms with E-state index in [1.165, 1.54) is 0 Å².